The Bertz CT molecular complexity index is 378. The van der Waals surface area contributed by atoms with Crippen LogP contribution in [0.2, 0.25) is 0 Å². The van der Waals surface area contributed by atoms with Crippen LogP contribution in [-0.4, -0.2) is 0 Å². The number of allylic oxidation sites excluding steroid dienone is 4. The summed E-state index contributed by atoms with van der Waals surface area (Å²) < 4.78 is 0. The summed E-state index contributed by atoms with van der Waals surface area (Å²) in [6, 6.07) is 4.36. The molecule has 0 aromatic rings. The third kappa shape index (κ3) is 0.595. The second-order valence-electron chi connectivity index (χ2n) is 4.05. The van der Waals surface area contributed by atoms with E-state index in [0.717, 1.165) is 17.6 Å². The van der Waals surface area contributed by atoms with E-state index in [1.165, 1.54) is 0 Å². The summed E-state index contributed by atoms with van der Waals surface area (Å²) in [5, 5.41) is 17.8. The lowest BCUT2D eigenvalue weighted by atomic mass is 9.64. The molecule has 0 aromatic carbocycles. The lowest BCUT2D eigenvalue weighted by molar-refractivity contribution is 0.364. The van der Waals surface area contributed by atoms with Gasteiger partial charge in [-0.3, -0.25) is 0 Å². The van der Waals surface area contributed by atoms with Crippen LogP contribution < -0.4 is 0 Å². The minimum Gasteiger partial charge on any atom is -0.193 e. The topological polar surface area (TPSA) is 47.6 Å². The van der Waals surface area contributed by atoms with Gasteiger partial charge in [0.05, 0.1) is 12.1 Å². The molecule has 62 valence electrons. The van der Waals surface area contributed by atoms with E-state index >= 15 is 0 Å². The highest BCUT2D eigenvalue weighted by atomic mass is 14.6. The largest absolute Gasteiger partial charge is 0.193 e. The summed E-state index contributed by atoms with van der Waals surface area (Å²) >= 11 is 0. The van der Waals surface area contributed by atoms with E-state index in [-0.39, 0.29) is 0 Å². The highest BCUT2D eigenvalue weighted by Gasteiger charge is 2.55. The van der Waals surface area contributed by atoms with Crippen LogP contribution in [0.5, 0.6) is 0 Å². The minimum absolute atomic E-state index is 0.398. The normalized spacial score (nSPS) is 43.8. The minimum atomic E-state index is 0.398. The Morgan fingerprint density at radius 3 is 1.85 bits per heavy atom. The first-order valence-corrected chi connectivity index (χ1v) is 4.59. The zero-order chi connectivity index (χ0) is 9.00. The van der Waals surface area contributed by atoms with Gasteiger partial charge in [-0.2, -0.15) is 10.5 Å². The van der Waals surface area contributed by atoms with Crippen molar-refractivity contribution in [1.29, 1.82) is 10.5 Å². The van der Waals surface area contributed by atoms with Crippen LogP contribution in [0.25, 0.3) is 0 Å². The Hall–Kier alpha value is -1.54. The predicted molar refractivity (Wildman–Crippen MR) is 46.0 cm³/mol. The highest BCUT2D eigenvalue weighted by Crippen LogP contribution is 2.60. The molecule has 0 aromatic heterocycles. The summed E-state index contributed by atoms with van der Waals surface area (Å²) in [6.45, 7) is 0. The van der Waals surface area contributed by atoms with E-state index in [2.05, 4.69) is 24.3 Å². The summed E-state index contributed by atoms with van der Waals surface area (Å²) in [5.41, 5.74) is 1.54. The molecule has 0 radical (unpaired) electrons. The first kappa shape index (κ1) is 6.92. The van der Waals surface area contributed by atoms with Crippen molar-refractivity contribution in [2.24, 2.45) is 23.7 Å². The van der Waals surface area contributed by atoms with Crippen LogP contribution in [0.15, 0.2) is 23.3 Å². The lowest BCUT2D eigenvalue weighted by Crippen LogP contribution is -2.33. The average molecular weight is 168 g/mol. The Morgan fingerprint density at radius 2 is 1.46 bits per heavy atom. The maximum atomic E-state index is 8.88. The molecule has 3 aliphatic rings. The monoisotopic (exact) mass is 168 g/mol. The molecule has 3 rings (SSSR count). The first-order chi connectivity index (χ1) is 6.36. The Balaban J connectivity index is 2.09. The van der Waals surface area contributed by atoms with Crippen molar-refractivity contribution in [3.8, 4) is 12.1 Å². The highest BCUT2D eigenvalue weighted by molar-refractivity contribution is 5.54. The third-order valence-corrected chi connectivity index (χ3v) is 3.66. The van der Waals surface area contributed by atoms with Crippen LogP contribution in [0.3, 0.4) is 0 Å². The average Bonchev–Trinajstić information content (AvgIpc) is 2.63. The molecule has 0 unspecified atom stereocenters. The van der Waals surface area contributed by atoms with Gasteiger partial charge in [0.2, 0.25) is 0 Å². The van der Waals surface area contributed by atoms with Crippen molar-refractivity contribution >= 4 is 0 Å². The van der Waals surface area contributed by atoms with E-state index in [0.29, 0.717) is 23.7 Å². The van der Waals surface area contributed by atoms with Gasteiger partial charge in [0.25, 0.3) is 0 Å². The predicted octanol–water partition coefficient (Wildman–Crippen LogP) is 1.78. The molecule has 3 aliphatic carbocycles. The molecule has 2 nitrogen and oxygen atoms in total. The molecule has 0 aliphatic heterocycles. The second-order valence-corrected chi connectivity index (χ2v) is 4.05. The van der Waals surface area contributed by atoms with Crippen LogP contribution in [0.4, 0.5) is 0 Å². The van der Waals surface area contributed by atoms with Gasteiger partial charge in [0.1, 0.15) is 0 Å². The summed E-state index contributed by atoms with van der Waals surface area (Å²) in [5.74, 6) is 1.91. The number of rotatable bonds is 0. The smallest absolute Gasteiger partial charge is 0.0961 e. The van der Waals surface area contributed by atoms with Gasteiger partial charge < -0.3 is 0 Å². The van der Waals surface area contributed by atoms with Gasteiger partial charge in [-0.15, -0.1) is 0 Å². The summed E-state index contributed by atoms with van der Waals surface area (Å²) in [7, 11) is 0. The maximum Gasteiger partial charge on any atom is 0.0961 e. The van der Waals surface area contributed by atoms with Crippen molar-refractivity contribution < 1.29 is 0 Å². The van der Waals surface area contributed by atoms with Crippen LogP contribution in [0, 0.1) is 46.3 Å². The molecule has 0 saturated heterocycles. The van der Waals surface area contributed by atoms with Gasteiger partial charge in [-0.1, -0.05) is 12.2 Å². The van der Waals surface area contributed by atoms with Gasteiger partial charge in [-0.05, 0) is 18.3 Å². The van der Waals surface area contributed by atoms with Crippen molar-refractivity contribution in [2.75, 3.05) is 0 Å². The molecule has 0 N–H and O–H groups in total. The van der Waals surface area contributed by atoms with E-state index in [1.54, 1.807) is 0 Å². The van der Waals surface area contributed by atoms with Gasteiger partial charge in [-0.25, -0.2) is 0 Å². The van der Waals surface area contributed by atoms with E-state index in [1.807, 2.05) is 0 Å². The van der Waals surface area contributed by atoms with E-state index < -0.39 is 0 Å². The SMILES string of the molecule is N#CC1=C(C#N)[C@H]2[C@@H]1[C@@H]1C=C[C@H]2C1. The maximum absolute atomic E-state index is 8.88. The van der Waals surface area contributed by atoms with Crippen LogP contribution >= 0.6 is 0 Å². The van der Waals surface area contributed by atoms with Gasteiger partial charge in [0, 0.05) is 23.0 Å². The Labute approximate surface area is 76.8 Å². The van der Waals surface area contributed by atoms with E-state index in [4.69, 9.17) is 10.5 Å². The van der Waals surface area contributed by atoms with Gasteiger partial charge >= 0.3 is 0 Å². The Kier molecular flexibility index (Phi) is 1.08. The number of fused-ring (bicyclic) bond motifs is 5. The summed E-state index contributed by atoms with van der Waals surface area (Å²) in [4.78, 5) is 0. The molecule has 4 atom stereocenters. The zero-order valence-electron chi connectivity index (χ0n) is 7.07. The molecule has 0 spiro atoms. The van der Waals surface area contributed by atoms with Crippen molar-refractivity contribution in [3.63, 3.8) is 0 Å². The lowest BCUT2D eigenvalue weighted by Gasteiger charge is -2.36. The molecular weight excluding hydrogens is 160 g/mol. The molecular formula is C11H8N2. The second kappa shape index (κ2) is 2.03. The molecule has 1 saturated carbocycles. The summed E-state index contributed by atoms with van der Waals surface area (Å²) in [6.07, 6.45) is 5.60. The van der Waals surface area contributed by atoms with Crippen LogP contribution in [-0.2, 0) is 0 Å². The molecule has 0 heterocycles. The molecule has 2 heteroatoms. The van der Waals surface area contributed by atoms with Crippen molar-refractivity contribution in [1.82, 2.24) is 0 Å². The molecule has 13 heavy (non-hydrogen) atoms. The fourth-order valence-electron chi connectivity index (χ4n) is 3.14. The van der Waals surface area contributed by atoms with Crippen molar-refractivity contribution in [2.45, 2.75) is 6.42 Å². The van der Waals surface area contributed by atoms with Crippen LogP contribution in [0.1, 0.15) is 6.42 Å². The molecule has 2 bridgehead atoms. The zero-order valence-corrected chi connectivity index (χ0v) is 7.07. The number of nitriles is 2. The Morgan fingerprint density at radius 1 is 1.00 bits per heavy atom. The van der Waals surface area contributed by atoms with Gasteiger partial charge in [0.15, 0.2) is 0 Å². The molecule has 0 amide bonds. The quantitative estimate of drug-likeness (QED) is 0.517. The third-order valence-electron chi connectivity index (χ3n) is 3.66. The fourth-order valence-corrected chi connectivity index (χ4v) is 3.14. The first-order valence-electron chi connectivity index (χ1n) is 4.59. The number of nitrogens with zero attached hydrogens (tertiary/aromatic N) is 2. The molecule has 1 fully saturated rings. The number of hydrogen-bond acceptors (Lipinski definition) is 2. The number of hydrogen-bond donors (Lipinski definition) is 0. The van der Waals surface area contributed by atoms with Crippen molar-refractivity contribution in [3.05, 3.63) is 23.3 Å². The fraction of sp³-hybridized carbons (Fsp3) is 0.455. The standard InChI is InChI=1S/C11H8N2/c12-4-8-9(5-13)11-7-2-1-6(3-7)10(8)11/h1-2,6-7,10-11H,3H2/t6-,7+,10-,11+. The van der Waals surface area contributed by atoms with E-state index in [9.17, 15) is 0 Å².